The van der Waals surface area contributed by atoms with Crippen LogP contribution in [0.15, 0.2) is 217 Å². The molecule has 0 amide bonds. The lowest BCUT2D eigenvalue weighted by molar-refractivity contribution is 0.669. The van der Waals surface area contributed by atoms with Crippen molar-refractivity contribution in [2.45, 2.75) is 0 Å². The third-order valence-electron chi connectivity index (χ3n) is 11.1. The standard InChI is InChI=1S/C54H35NOS/c1-4-13-36(14-5-1)38-23-25-39(26-24-38)40-27-30-43(31-28-40)55(47-20-12-21-49-52(47)45-32-29-42(35-50(45)56-49)37-15-6-2-7-16-37)48-34-33-44(41-17-8-3-9-18-41)54-53(48)46-19-10-11-22-51(46)57-54/h1-35H. The van der Waals surface area contributed by atoms with Gasteiger partial charge in [0, 0.05) is 31.2 Å². The van der Waals surface area contributed by atoms with Crippen LogP contribution in [0.4, 0.5) is 17.1 Å². The van der Waals surface area contributed by atoms with E-state index in [0.717, 1.165) is 44.6 Å². The Morgan fingerprint density at radius 1 is 0.351 bits per heavy atom. The molecule has 0 fully saturated rings. The highest BCUT2D eigenvalue weighted by atomic mass is 32.1. The van der Waals surface area contributed by atoms with Gasteiger partial charge in [0.1, 0.15) is 11.2 Å². The predicted molar refractivity (Wildman–Crippen MR) is 243 cm³/mol. The molecular weight excluding hydrogens is 711 g/mol. The summed E-state index contributed by atoms with van der Waals surface area (Å²) in [5.74, 6) is 0. The monoisotopic (exact) mass is 745 g/mol. The van der Waals surface area contributed by atoms with Crippen LogP contribution < -0.4 is 4.90 Å². The summed E-state index contributed by atoms with van der Waals surface area (Å²) in [6.45, 7) is 0. The maximum Gasteiger partial charge on any atom is 0.137 e. The van der Waals surface area contributed by atoms with Crippen molar-refractivity contribution in [3.8, 4) is 44.5 Å². The smallest absolute Gasteiger partial charge is 0.137 e. The summed E-state index contributed by atoms with van der Waals surface area (Å²) in [4.78, 5) is 2.45. The van der Waals surface area contributed by atoms with E-state index >= 15 is 0 Å². The number of hydrogen-bond acceptors (Lipinski definition) is 3. The van der Waals surface area contributed by atoms with Gasteiger partial charge in [-0.05, 0) is 93.0 Å². The maximum atomic E-state index is 6.69. The second kappa shape index (κ2) is 13.8. The van der Waals surface area contributed by atoms with E-state index in [1.54, 1.807) is 0 Å². The number of nitrogens with zero attached hydrogens (tertiary/aromatic N) is 1. The highest BCUT2D eigenvalue weighted by Gasteiger charge is 2.24. The van der Waals surface area contributed by atoms with E-state index in [4.69, 9.17) is 4.42 Å². The molecule has 9 aromatic carbocycles. The molecule has 0 bridgehead atoms. The van der Waals surface area contributed by atoms with Crippen molar-refractivity contribution in [3.05, 3.63) is 212 Å². The van der Waals surface area contributed by atoms with E-state index in [1.807, 2.05) is 11.3 Å². The number of rotatable bonds is 7. The molecule has 0 aliphatic carbocycles. The second-order valence-electron chi connectivity index (χ2n) is 14.5. The lowest BCUT2D eigenvalue weighted by Gasteiger charge is -2.28. The summed E-state index contributed by atoms with van der Waals surface area (Å²) in [6, 6.07) is 76.2. The molecule has 3 heteroatoms. The van der Waals surface area contributed by atoms with Crippen molar-refractivity contribution in [3.63, 3.8) is 0 Å². The zero-order valence-electron chi connectivity index (χ0n) is 31.0. The summed E-state index contributed by atoms with van der Waals surface area (Å²) in [7, 11) is 0. The van der Waals surface area contributed by atoms with Crippen molar-refractivity contribution in [1.29, 1.82) is 0 Å². The number of anilines is 3. The highest BCUT2D eigenvalue weighted by Crippen LogP contribution is 2.50. The molecule has 57 heavy (non-hydrogen) atoms. The molecular formula is C54H35NOS. The molecule has 11 rings (SSSR count). The Balaban J connectivity index is 1.12. The number of fused-ring (bicyclic) bond motifs is 6. The molecule has 0 saturated carbocycles. The Bertz CT molecular complexity index is 3200. The molecule has 0 saturated heterocycles. The summed E-state index contributed by atoms with van der Waals surface area (Å²) in [5.41, 5.74) is 14.6. The van der Waals surface area contributed by atoms with Crippen LogP contribution in [-0.2, 0) is 0 Å². The minimum Gasteiger partial charge on any atom is -0.456 e. The first-order valence-corrected chi connectivity index (χ1v) is 20.1. The summed E-state index contributed by atoms with van der Waals surface area (Å²) >= 11 is 1.87. The first-order chi connectivity index (χ1) is 28.3. The van der Waals surface area contributed by atoms with Crippen LogP contribution in [0.1, 0.15) is 0 Å². The van der Waals surface area contributed by atoms with Crippen molar-refractivity contribution in [2.24, 2.45) is 0 Å². The average molecular weight is 746 g/mol. The summed E-state index contributed by atoms with van der Waals surface area (Å²) < 4.78 is 9.24. The topological polar surface area (TPSA) is 16.4 Å². The van der Waals surface area contributed by atoms with E-state index in [-0.39, 0.29) is 0 Å². The minimum absolute atomic E-state index is 0.861. The Labute approximate surface area is 335 Å². The van der Waals surface area contributed by atoms with E-state index in [9.17, 15) is 0 Å². The van der Waals surface area contributed by atoms with Crippen molar-refractivity contribution < 1.29 is 4.42 Å². The van der Waals surface area contributed by atoms with Crippen molar-refractivity contribution >= 4 is 70.5 Å². The van der Waals surface area contributed by atoms with Gasteiger partial charge in [0.25, 0.3) is 0 Å². The first-order valence-electron chi connectivity index (χ1n) is 19.3. The molecule has 0 radical (unpaired) electrons. The molecule has 268 valence electrons. The quantitative estimate of drug-likeness (QED) is 0.162. The molecule has 0 atom stereocenters. The molecule has 0 aliphatic rings. The number of hydrogen-bond donors (Lipinski definition) is 0. The Morgan fingerprint density at radius 3 is 1.58 bits per heavy atom. The van der Waals surface area contributed by atoms with Crippen LogP contribution >= 0.6 is 11.3 Å². The normalized spacial score (nSPS) is 11.5. The molecule has 2 nitrogen and oxygen atoms in total. The summed E-state index contributed by atoms with van der Waals surface area (Å²) in [6.07, 6.45) is 0. The van der Waals surface area contributed by atoms with Gasteiger partial charge in [-0.3, -0.25) is 0 Å². The lowest BCUT2D eigenvalue weighted by Crippen LogP contribution is -2.11. The number of furan rings is 1. The fraction of sp³-hybridized carbons (Fsp3) is 0. The molecule has 0 spiro atoms. The van der Waals surface area contributed by atoms with Crippen LogP contribution in [0.3, 0.4) is 0 Å². The zero-order valence-corrected chi connectivity index (χ0v) is 31.8. The van der Waals surface area contributed by atoms with Gasteiger partial charge in [-0.15, -0.1) is 11.3 Å². The molecule has 11 aromatic rings. The van der Waals surface area contributed by atoms with Gasteiger partial charge in [-0.2, -0.15) is 0 Å². The first kappa shape index (κ1) is 33.2. The van der Waals surface area contributed by atoms with E-state index in [0.29, 0.717) is 0 Å². The van der Waals surface area contributed by atoms with E-state index in [1.165, 1.54) is 59.1 Å². The molecule has 0 aliphatic heterocycles. The van der Waals surface area contributed by atoms with Gasteiger partial charge in [-0.25, -0.2) is 0 Å². The molecule has 2 aromatic heterocycles. The number of benzene rings is 9. The Hall–Kier alpha value is -7.20. The molecule has 2 heterocycles. The summed E-state index contributed by atoms with van der Waals surface area (Å²) in [5, 5.41) is 4.68. The van der Waals surface area contributed by atoms with Gasteiger partial charge in [0.15, 0.2) is 0 Å². The van der Waals surface area contributed by atoms with Crippen molar-refractivity contribution in [2.75, 3.05) is 4.90 Å². The van der Waals surface area contributed by atoms with Crippen LogP contribution in [0, 0.1) is 0 Å². The third kappa shape index (κ3) is 5.80. The van der Waals surface area contributed by atoms with Gasteiger partial charge in [0.05, 0.1) is 16.8 Å². The minimum atomic E-state index is 0.861. The molecule has 0 N–H and O–H groups in total. The fourth-order valence-corrected chi connectivity index (χ4v) is 9.60. The largest absolute Gasteiger partial charge is 0.456 e. The highest BCUT2D eigenvalue weighted by molar-refractivity contribution is 7.26. The second-order valence-corrected chi connectivity index (χ2v) is 15.5. The van der Waals surface area contributed by atoms with Crippen LogP contribution in [0.2, 0.25) is 0 Å². The third-order valence-corrected chi connectivity index (χ3v) is 12.3. The number of thiophene rings is 1. The van der Waals surface area contributed by atoms with Crippen LogP contribution in [0.25, 0.3) is 86.6 Å². The van der Waals surface area contributed by atoms with Crippen LogP contribution in [0.5, 0.6) is 0 Å². The Morgan fingerprint density at radius 2 is 0.895 bits per heavy atom. The van der Waals surface area contributed by atoms with Crippen LogP contribution in [-0.4, -0.2) is 0 Å². The Kier molecular flexibility index (Phi) is 8.04. The lowest BCUT2D eigenvalue weighted by atomic mass is 9.98. The van der Waals surface area contributed by atoms with Gasteiger partial charge < -0.3 is 9.32 Å². The zero-order chi connectivity index (χ0) is 37.7. The van der Waals surface area contributed by atoms with Gasteiger partial charge in [0.2, 0.25) is 0 Å². The molecule has 0 unspecified atom stereocenters. The fourth-order valence-electron chi connectivity index (χ4n) is 8.34. The van der Waals surface area contributed by atoms with Gasteiger partial charge >= 0.3 is 0 Å². The SMILES string of the molecule is c1ccc(-c2ccc(-c3ccc(N(c4cccc5oc6cc(-c7ccccc7)ccc6c45)c4ccc(-c5ccccc5)c5sc6ccccc6c45)cc3)cc2)cc1. The predicted octanol–water partition coefficient (Wildman–Crippen LogP) is 16.1. The van der Waals surface area contributed by atoms with Gasteiger partial charge in [-0.1, -0.05) is 164 Å². The van der Waals surface area contributed by atoms with E-state index < -0.39 is 0 Å². The van der Waals surface area contributed by atoms with Crippen molar-refractivity contribution in [1.82, 2.24) is 0 Å². The van der Waals surface area contributed by atoms with E-state index in [2.05, 4.69) is 217 Å². The maximum absolute atomic E-state index is 6.69. The average Bonchev–Trinajstić information content (AvgIpc) is 3.87.